The van der Waals surface area contributed by atoms with Crippen LogP contribution in [0.15, 0.2) is 170 Å². The van der Waals surface area contributed by atoms with E-state index in [9.17, 15) is 0 Å². The smallest absolute Gasteiger partial charge is 0.0575 e. The lowest BCUT2D eigenvalue weighted by Gasteiger charge is -2.35. The van der Waals surface area contributed by atoms with Crippen molar-refractivity contribution in [2.75, 3.05) is 9.80 Å². The van der Waals surface area contributed by atoms with E-state index in [1.54, 1.807) is 0 Å². The van der Waals surface area contributed by atoms with E-state index >= 15 is 0 Å². The number of aryl methyl sites for hydroxylation is 6. The van der Waals surface area contributed by atoms with Crippen molar-refractivity contribution in [2.45, 2.75) is 93.9 Å². The molecule has 0 aliphatic heterocycles. The van der Waals surface area contributed by atoms with Gasteiger partial charge in [-0.25, -0.2) is 0 Å². The van der Waals surface area contributed by atoms with Crippen molar-refractivity contribution < 1.29 is 0 Å². The van der Waals surface area contributed by atoms with Gasteiger partial charge in [0.25, 0.3) is 0 Å². The van der Waals surface area contributed by atoms with Gasteiger partial charge in [-0.15, -0.1) is 0 Å². The molecule has 338 valence electrons. The molecule has 0 saturated heterocycles. The maximum Gasteiger partial charge on any atom is 0.0575 e. The molecule has 0 amide bonds. The molecule has 2 unspecified atom stereocenters. The zero-order valence-electron chi connectivity index (χ0n) is 41.6. The number of hydrogen-bond acceptors (Lipinski definition) is 2. The van der Waals surface area contributed by atoms with Gasteiger partial charge in [-0.1, -0.05) is 185 Å². The topological polar surface area (TPSA) is 6.48 Å². The zero-order chi connectivity index (χ0) is 47.4. The lowest BCUT2D eigenvalue weighted by molar-refractivity contribution is 0.734. The highest BCUT2D eigenvalue weighted by Gasteiger charge is 2.30. The molecule has 0 spiro atoms. The number of fused-ring (bicyclic) bond motifs is 4. The quantitative estimate of drug-likeness (QED) is 0.128. The molecule has 68 heavy (non-hydrogen) atoms. The van der Waals surface area contributed by atoms with Crippen molar-refractivity contribution in [1.82, 2.24) is 0 Å². The van der Waals surface area contributed by atoms with Crippen LogP contribution < -0.4 is 9.80 Å². The van der Waals surface area contributed by atoms with Gasteiger partial charge in [0.2, 0.25) is 0 Å². The summed E-state index contributed by atoms with van der Waals surface area (Å²) >= 11 is 0. The molecule has 0 N–H and O–H groups in total. The molecule has 0 aliphatic carbocycles. The van der Waals surface area contributed by atoms with E-state index < -0.39 is 0 Å². The van der Waals surface area contributed by atoms with Gasteiger partial charge in [-0.2, -0.15) is 0 Å². The van der Waals surface area contributed by atoms with Crippen molar-refractivity contribution in [1.29, 1.82) is 0 Å². The van der Waals surface area contributed by atoms with Gasteiger partial charge in [0.05, 0.1) is 34.1 Å². The summed E-state index contributed by atoms with van der Waals surface area (Å²) in [6, 6.07) is 64.1. The zero-order valence-corrected chi connectivity index (χ0v) is 41.6. The molecule has 0 aromatic heterocycles. The fourth-order valence-corrected chi connectivity index (χ4v) is 11.3. The summed E-state index contributed by atoms with van der Waals surface area (Å²) in [7, 11) is 0. The first-order chi connectivity index (χ1) is 33.0. The van der Waals surface area contributed by atoms with Crippen LogP contribution in [0.5, 0.6) is 0 Å². The molecule has 2 heteroatoms. The van der Waals surface area contributed by atoms with Crippen LogP contribution in [-0.4, -0.2) is 0 Å². The Labute approximate surface area is 404 Å². The number of rotatable bonds is 11. The number of nitrogens with zero attached hydrogens (tertiary/aromatic N) is 2. The Morgan fingerprint density at radius 1 is 0.324 bits per heavy atom. The fraction of sp³-hybridized carbons (Fsp3) is 0.212. The third-order valence-corrected chi connectivity index (χ3v) is 15.1. The molecule has 0 saturated carbocycles. The number of para-hydroxylation sites is 2. The molecule has 0 aliphatic rings. The average Bonchev–Trinajstić information content (AvgIpc) is 3.35. The first-order valence-electron chi connectivity index (χ1n) is 24.8. The third-order valence-electron chi connectivity index (χ3n) is 15.1. The van der Waals surface area contributed by atoms with Crippen LogP contribution >= 0.6 is 0 Å². The number of benzene rings is 10. The highest BCUT2D eigenvalue weighted by Crippen LogP contribution is 2.53. The predicted molar refractivity (Wildman–Crippen MR) is 297 cm³/mol. The highest BCUT2D eigenvalue weighted by atomic mass is 15.2. The lowest BCUT2D eigenvalue weighted by atomic mass is 9.85. The largest absolute Gasteiger partial charge is 0.308 e. The van der Waals surface area contributed by atoms with Crippen molar-refractivity contribution in [2.24, 2.45) is 0 Å². The van der Waals surface area contributed by atoms with Gasteiger partial charge in [0.1, 0.15) is 0 Å². The predicted octanol–water partition coefficient (Wildman–Crippen LogP) is 19.8. The van der Waals surface area contributed by atoms with Crippen LogP contribution in [0, 0.1) is 41.5 Å². The second-order valence-electron chi connectivity index (χ2n) is 19.5. The Kier molecular flexibility index (Phi) is 11.9. The first kappa shape index (κ1) is 44.7. The molecule has 0 fully saturated rings. The maximum absolute atomic E-state index is 2.63. The minimum Gasteiger partial charge on any atom is -0.308 e. The summed E-state index contributed by atoms with van der Waals surface area (Å²) in [5, 5.41) is 10.0. The van der Waals surface area contributed by atoms with Crippen LogP contribution in [0.4, 0.5) is 34.1 Å². The molecule has 0 bridgehead atoms. The third kappa shape index (κ3) is 7.42. The number of hydrogen-bond donors (Lipinski definition) is 0. The summed E-state index contributed by atoms with van der Waals surface area (Å²) in [6.07, 6.45) is 2.10. The van der Waals surface area contributed by atoms with E-state index in [0.29, 0.717) is 11.8 Å². The van der Waals surface area contributed by atoms with Gasteiger partial charge >= 0.3 is 0 Å². The molecule has 0 radical (unpaired) electrons. The monoisotopic (exact) mass is 885 g/mol. The van der Waals surface area contributed by atoms with E-state index in [4.69, 9.17) is 0 Å². The van der Waals surface area contributed by atoms with Crippen molar-refractivity contribution >= 4 is 77.2 Å². The fourth-order valence-electron chi connectivity index (χ4n) is 11.3. The summed E-state index contributed by atoms with van der Waals surface area (Å²) in [5.74, 6) is 0.720. The minimum atomic E-state index is 0.360. The molecule has 10 rings (SSSR count). The minimum absolute atomic E-state index is 0.360. The molecule has 0 heterocycles. The maximum atomic E-state index is 2.63. The van der Waals surface area contributed by atoms with Gasteiger partial charge in [-0.3, -0.25) is 0 Å². The Morgan fingerprint density at radius 3 is 1.00 bits per heavy atom. The molecule has 10 aromatic carbocycles. The summed E-state index contributed by atoms with van der Waals surface area (Å²) in [4.78, 5) is 5.26. The Balaban J connectivity index is 1.29. The molecular formula is C66H64N2. The Hall–Kier alpha value is -7.16. The SMILES string of the molecule is CCC(C)c1ccc2ccccc2c1N(c1c(C)cccc1C)c1cc(C)c(-c2c(C)cc(N(c3c(C)cccc3C)c3c(C(C)CC)ccc4ccccc34)c3ccccc23)c2ccccc12. The summed E-state index contributed by atoms with van der Waals surface area (Å²) in [5.41, 5.74) is 20.3. The van der Waals surface area contributed by atoms with Crippen molar-refractivity contribution in [3.8, 4) is 11.1 Å². The Bertz CT molecular complexity index is 3280. The van der Waals surface area contributed by atoms with E-state index in [0.717, 1.165) is 12.8 Å². The van der Waals surface area contributed by atoms with Crippen LogP contribution in [0.3, 0.4) is 0 Å². The van der Waals surface area contributed by atoms with Gasteiger partial charge in [0.15, 0.2) is 0 Å². The lowest BCUT2D eigenvalue weighted by Crippen LogP contribution is -2.17. The van der Waals surface area contributed by atoms with Crippen molar-refractivity contribution in [3.05, 3.63) is 214 Å². The van der Waals surface area contributed by atoms with Crippen LogP contribution in [0.1, 0.15) is 96.9 Å². The number of anilines is 6. The Morgan fingerprint density at radius 2 is 0.647 bits per heavy atom. The van der Waals surface area contributed by atoms with Crippen LogP contribution in [0.2, 0.25) is 0 Å². The van der Waals surface area contributed by atoms with Gasteiger partial charge in [0, 0.05) is 21.5 Å². The molecular weight excluding hydrogens is 821 g/mol. The van der Waals surface area contributed by atoms with Crippen LogP contribution in [-0.2, 0) is 0 Å². The van der Waals surface area contributed by atoms with E-state index in [-0.39, 0.29) is 0 Å². The normalized spacial score (nSPS) is 12.6. The first-order valence-corrected chi connectivity index (χ1v) is 24.8. The average molecular weight is 885 g/mol. The summed E-state index contributed by atoms with van der Waals surface area (Å²) < 4.78 is 0. The highest BCUT2D eigenvalue weighted by molar-refractivity contribution is 6.17. The molecule has 10 aromatic rings. The van der Waals surface area contributed by atoms with E-state index in [1.165, 1.54) is 133 Å². The second-order valence-corrected chi connectivity index (χ2v) is 19.5. The van der Waals surface area contributed by atoms with E-state index in [2.05, 4.69) is 249 Å². The second kappa shape index (κ2) is 18.1. The van der Waals surface area contributed by atoms with Gasteiger partial charge in [-0.05, 0) is 156 Å². The summed E-state index contributed by atoms with van der Waals surface area (Å²) in [6.45, 7) is 23.2. The van der Waals surface area contributed by atoms with Crippen LogP contribution in [0.25, 0.3) is 54.2 Å². The molecule has 2 nitrogen and oxygen atoms in total. The van der Waals surface area contributed by atoms with Crippen molar-refractivity contribution in [3.63, 3.8) is 0 Å². The molecule has 2 atom stereocenters. The van der Waals surface area contributed by atoms with Gasteiger partial charge < -0.3 is 9.80 Å². The van der Waals surface area contributed by atoms with E-state index in [1.807, 2.05) is 0 Å². The standard InChI is InChI=1S/C66H64N2/c1-11-41(3)51-37-35-49-27-13-15-29-53(49)65(51)67(63-43(5)23-21-24-44(63)6)59-39-47(9)61(57-33-19-17-31-55(57)59)62-48(10)40-60(56-32-18-20-34-58(56)62)68(64-45(7)25-22-26-46(64)8)66-52(42(4)12-2)38-36-50-28-14-16-30-54(50)66/h13-42H,11-12H2,1-10H3.